The lowest BCUT2D eigenvalue weighted by Gasteiger charge is -2.21. The number of benzene rings is 2. The predicted octanol–water partition coefficient (Wildman–Crippen LogP) is 6.99. The SMILES string of the molecule is CC1(C)c2cc(Cl)ccc2-c2c1ccc1c3c(sc21)CC=CC=C3. The average Bonchev–Trinajstić information content (AvgIpc) is 2.89. The van der Waals surface area contributed by atoms with Crippen LogP contribution in [0.4, 0.5) is 0 Å². The van der Waals surface area contributed by atoms with Crippen LogP contribution in [0.1, 0.15) is 35.4 Å². The Kier molecular flexibility index (Phi) is 2.93. The van der Waals surface area contributed by atoms with Gasteiger partial charge in [-0.3, -0.25) is 0 Å². The van der Waals surface area contributed by atoms with Gasteiger partial charge in [-0.05, 0) is 34.4 Å². The minimum absolute atomic E-state index is 0.000877. The molecule has 0 spiro atoms. The molecule has 24 heavy (non-hydrogen) atoms. The van der Waals surface area contributed by atoms with Crippen molar-refractivity contribution < 1.29 is 0 Å². The second-order valence-electron chi connectivity index (χ2n) is 7.11. The Balaban J connectivity index is 1.90. The zero-order valence-corrected chi connectivity index (χ0v) is 15.3. The van der Waals surface area contributed by atoms with Crippen molar-refractivity contribution >= 4 is 39.1 Å². The summed E-state index contributed by atoms with van der Waals surface area (Å²) in [6.07, 6.45) is 9.82. The third-order valence-corrected chi connectivity index (χ3v) is 6.88. The lowest BCUT2D eigenvalue weighted by molar-refractivity contribution is 0.661. The summed E-state index contributed by atoms with van der Waals surface area (Å²) in [5.41, 5.74) is 6.92. The average molecular weight is 349 g/mol. The molecule has 0 bridgehead atoms. The second kappa shape index (κ2) is 4.84. The molecule has 0 amide bonds. The molecule has 0 saturated carbocycles. The molecule has 0 aliphatic heterocycles. The lowest BCUT2D eigenvalue weighted by atomic mass is 9.82. The number of halogens is 1. The van der Waals surface area contributed by atoms with E-state index in [1.165, 1.54) is 42.8 Å². The van der Waals surface area contributed by atoms with Crippen LogP contribution in [0, 0.1) is 0 Å². The van der Waals surface area contributed by atoms with E-state index >= 15 is 0 Å². The summed E-state index contributed by atoms with van der Waals surface area (Å²) in [5, 5.41) is 2.20. The van der Waals surface area contributed by atoms with Gasteiger partial charge in [0.15, 0.2) is 0 Å². The number of rotatable bonds is 0. The van der Waals surface area contributed by atoms with Crippen LogP contribution < -0.4 is 0 Å². The molecule has 3 aromatic rings. The predicted molar refractivity (Wildman–Crippen MR) is 106 cm³/mol. The van der Waals surface area contributed by atoms with Crippen molar-refractivity contribution in [3.63, 3.8) is 0 Å². The Bertz CT molecular complexity index is 1060. The molecular weight excluding hydrogens is 332 g/mol. The van der Waals surface area contributed by atoms with Gasteiger partial charge >= 0.3 is 0 Å². The molecule has 2 aliphatic rings. The van der Waals surface area contributed by atoms with Gasteiger partial charge in [0.25, 0.3) is 0 Å². The van der Waals surface area contributed by atoms with Crippen LogP contribution >= 0.6 is 22.9 Å². The van der Waals surface area contributed by atoms with Crippen LogP contribution in [0.3, 0.4) is 0 Å². The van der Waals surface area contributed by atoms with E-state index in [1.807, 2.05) is 17.4 Å². The first-order valence-electron chi connectivity index (χ1n) is 8.30. The fourth-order valence-electron chi connectivity index (χ4n) is 4.15. The van der Waals surface area contributed by atoms with Gasteiger partial charge in [0, 0.05) is 37.4 Å². The molecule has 2 heteroatoms. The maximum Gasteiger partial charge on any atom is 0.0433 e. The van der Waals surface area contributed by atoms with Gasteiger partial charge in [0.05, 0.1) is 0 Å². The van der Waals surface area contributed by atoms with E-state index < -0.39 is 0 Å². The summed E-state index contributed by atoms with van der Waals surface area (Å²) in [7, 11) is 0. The Hall–Kier alpha value is -1.83. The second-order valence-corrected chi connectivity index (χ2v) is 8.65. The van der Waals surface area contributed by atoms with Crippen molar-refractivity contribution in [1.82, 2.24) is 0 Å². The van der Waals surface area contributed by atoms with Crippen molar-refractivity contribution in [3.05, 3.63) is 75.2 Å². The Morgan fingerprint density at radius 1 is 1.04 bits per heavy atom. The quantitative estimate of drug-likeness (QED) is 0.410. The summed E-state index contributed by atoms with van der Waals surface area (Å²) >= 11 is 8.25. The molecule has 0 N–H and O–H groups in total. The molecule has 1 heterocycles. The van der Waals surface area contributed by atoms with Gasteiger partial charge in [-0.25, -0.2) is 0 Å². The first-order valence-corrected chi connectivity index (χ1v) is 9.49. The van der Waals surface area contributed by atoms with Gasteiger partial charge in [0.1, 0.15) is 0 Å². The van der Waals surface area contributed by atoms with Crippen molar-refractivity contribution in [2.45, 2.75) is 25.7 Å². The zero-order valence-electron chi connectivity index (χ0n) is 13.7. The van der Waals surface area contributed by atoms with Crippen LogP contribution in [0.2, 0.25) is 5.02 Å². The van der Waals surface area contributed by atoms with Gasteiger partial charge < -0.3 is 0 Å². The molecule has 2 aromatic carbocycles. The highest BCUT2D eigenvalue weighted by Crippen LogP contribution is 2.54. The highest BCUT2D eigenvalue weighted by Gasteiger charge is 2.37. The number of hydrogen-bond donors (Lipinski definition) is 0. The maximum atomic E-state index is 6.30. The van der Waals surface area contributed by atoms with Crippen molar-refractivity contribution in [1.29, 1.82) is 0 Å². The first-order chi connectivity index (χ1) is 11.6. The number of allylic oxidation sites excluding steroid dienone is 3. The molecule has 0 atom stereocenters. The molecular formula is C22H17ClS. The Morgan fingerprint density at radius 2 is 1.92 bits per heavy atom. The highest BCUT2D eigenvalue weighted by atomic mass is 35.5. The first kappa shape index (κ1) is 14.5. The van der Waals surface area contributed by atoms with Gasteiger partial charge in [0.2, 0.25) is 0 Å². The minimum atomic E-state index is 0.000877. The third kappa shape index (κ3) is 1.80. The minimum Gasteiger partial charge on any atom is -0.139 e. The van der Waals surface area contributed by atoms with Crippen LogP contribution in [0.25, 0.3) is 27.3 Å². The fourth-order valence-corrected chi connectivity index (χ4v) is 5.65. The standard InChI is InChI=1S/C22H17ClS/c1-22(2)17-11-10-15-14-6-4-3-5-7-19(14)24-21(15)20(17)16-9-8-13(23)12-18(16)22/h3-6,8-12H,7H2,1-2H3. The van der Waals surface area contributed by atoms with Crippen LogP contribution in [-0.4, -0.2) is 0 Å². The molecule has 118 valence electrons. The normalized spacial score (nSPS) is 16.8. The summed E-state index contributed by atoms with van der Waals surface area (Å²) < 4.78 is 1.42. The highest BCUT2D eigenvalue weighted by molar-refractivity contribution is 7.20. The molecule has 0 unspecified atom stereocenters. The van der Waals surface area contributed by atoms with Crippen molar-refractivity contribution in [3.8, 4) is 11.1 Å². The Labute approximate surface area is 151 Å². The molecule has 5 rings (SSSR count). The monoisotopic (exact) mass is 348 g/mol. The molecule has 2 aliphatic carbocycles. The van der Waals surface area contributed by atoms with E-state index in [-0.39, 0.29) is 5.41 Å². The summed E-state index contributed by atoms with van der Waals surface area (Å²) in [4.78, 5) is 1.46. The molecule has 0 fully saturated rings. The van der Waals surface area contributed by atoms with E-state index in [4.69, 9.17) is 11.6 Å². The molecule has 0 nitrogen and oxygen atoms in total. The van der Waals surface area contributed by atoms with Gasteiger partial charge in [-0.2, -0.15) is 0 Å². The number of hydrogen-bond acceptors (Lipinski definition) is 1. The van der Waals surface area contributed by atoms with Crippen molar-refractivity contribution in [2.75, 3.05) is 0 Å². The largest absolute Gasteiger partial charge is 0.139 e. The zero-order chi connectivity index (χ0) is 16.5. The van der Waals surface area contributed by atoms with Gasteiger partial charge in [-0.1, -0.05) is 68.0 Å². The number of thiophene rings is 1. The van der Waals surface area contributed by atoms with E-state index in [1.54, 1.807) is 0 Å². The summed E-state index contributed by atoms with van der Waals surface area (Å²) in [6.45, 7) is 4.61. The van der Waals surface area contributed by atoms with E-state index in [9.17, 15) is 0 Å². The molecule has 0 saturated heterocycles. The Morgan fingerprint density at radius 3 is 2.79 bits per heavy atom. The smallest absolute Gasteiger partial charge is 0.0433 e. The van der Waals surface area contributed by atoms with Gasteiger partial charge in [-0.15, -0.1) is 11.3 Å². The topological polar surface area (TPSA) is 0 Å². The maximum absolute atomic E-state index is 6.30. The summed E-state index contributed by atoms with van der Waals surface area (Å²) in [6, 6.07) is 11.0. The molecule has 0 radical (unpaired) electrons. The van der Waals surface area contributed by atoms with E-state index in [0.29, 0.717) is 0 Å². The van der Waals surface area contributed by atoms with Crippen LogP contribution in [0.15, 0.2) is 48.6 Å². The molecule has 1 aromatic heterocycles. The fraction of sp³-hybridized carbons (Fsp3) is 0.182. The lowest BCUT2D eigenvalue weighted by Crippen LogP contribution is -2.14. The van der Waals surface area contributed by atoms with Crippen LogP contribution in [-0.2, 0) is 11.8 Å². The summed E-state index contributed by atoms with van der Waals surface area (Å²) in [5.74, 6) is 0. The van der Waals surface area contributed by atoms with Crippen LogP contribution in [0.5, 0.6) is 0 Å². The third-order valence-electron chi connectivity index (χ3n) is 5.38. The van der Waals surface area contributed by atoms with Crippen molar-refractivity contribution in [2.24, 2.45) is 0 Å². The van der Waals surface area contributed by atoms with E-state index in [2.05, 4.69) is 62.4 Å². The number of fused-ring (bicyclic) bond motifs is 7. The van der Waals surface area contributed by atoms with E-state index in [0.717, 1.165) is 11.4 Å².